The second-order valence-corrected chi connectivity index (χ2v) is 4.87. The van der Waals surface area contributed by atoms with Crippen LogP contribution in [-0.4, -0.2) is 16.0 Å². The molecule has 1 aromatic rings. The molecule has 1 aromatic carbocycles. The highest BCUT2D eigenvalue weighted by molar-refractivity contribution is 5.93. The molecule has 0 atom stereocenters. The van der Waals surface area contributed by atoms with E-state index >= 15 is 0 Å². The van der Waals surface area contributed by atoms with E-state index in [4.69, 9.17) is 4.74 Å². The lowest BCUT2D eigenvalue weighted by Crippen LogP contribution is -2.26. The molecule has 4 heteroatoms. The first kappa shape index (κ1) is 11.8. The van der Waals surface area contributed by atoms with E-state index in [9.17, 15) is 9.90 Å². The first-order valence-electron chi connectivity index (χ1n) is 6.56. The molecule has 0 amide bonds. The van der Waals surface area contributed by atoms with Crippen molar-refractivity contribution in [3.8, 4) is 5.75 Å². The van der Waals surface area contributed by atoms with Crippen molar-refractivity contribution >= 4 is 12.0 Å². The number of aliphatic carboxylic acids is 1. The minimum absolute atomic E-state index is 0.224. The lowest BCUT2D eigenvalue weighted by Gasteiger charge is -2.31. The third kappa shape index (κ3) is 1.73. The van der Waals surface area contributed by atoms with Crippen LogP contribution in [0.5, 0.6) is 5.75 Å². The SMILES string of the molecule is O=C(O)C1=CC=CN2C=CC3=Cc4ccccc4OC3=C12. The molecular weight excluding hydrogens is 266 g/mol. The summed E-state index contributed by atoms with van der Waals surface area (Å²) in [5.41, 5.74) is 2.65. The van der Waals surface area contributed by atoms with Gasteiger partial charge in [-0.15, -0.1) is 0 Å². The highest BCUT2D eigenvalue weighted by Crippen LogP contribution is 2.39. The second-order valence-electron chi connectivity index (χ2n) is 4.87. The third-order valence-corrected chi connectivity index (χ3v) is 3.59. The average molecular weight is 277 g/mol. The van der Waals surface area contributed by atoms with Gasteiger partial charge in [0.2, 0.25) is 0 Å². The van der Waals surface area contributed by atoms with Gasteiger partial charge < -0.3 is 14.7 Å². The second kappa shape index (κ2) is 4.24. The maximum Gasteiger partial charge on any atom is 0.337 e. The fraction of sp³-hybridized carbons (Fsp3) is 0. The van der Waals surface area contributed by atoms with E-state index < -0.39 is 5.97 Å². The number of ether oxygens (including phenoxy) is 1. The Morgan fingerprint density at radius 3 is 2.90 bits per heavy atom. The van der Waals surface area contributed by atoms with Crippen LogP contribution in [0.3, 0.4) is 0 Å². The molecule has 0 saturated carbocycles. The largest absolute Gasteiger partial charge is 0.478 e. The van der Waals surface area contributed by atoms with E-state index in [-0.39, 0.29) is 5.57 Å². The lowest BCUT2D eigenvalue weighted by molar-refractivity contribution is -0.132. The Morgan fingerprint density at radius 2 is 2.05 bits per heavy atom. The molecule has 0 unspecified atom stereocenters. The molecule has 0 fully saturated rings. The number of carboxylic acids is 1. The van der Waals surface area contributed by atoms with E-state index in [1.54, 1.807) is 17.1 Å². The minimum atomic E-state index is -0.969. The molecule has 21 heavy (non-hydrogen) atoms. The van der Waals surface area contributed by atoms with Gasteiger partial charge in [-0.3, -0.25) is 0 Å². The van der Waals surface area contributed by atoms with Gasteiger partial charge >= 0.3 is 5.97 Å². The normalized spacial score (nSPS) is 18.2. The molecule has 3 aliphatic heterocycles. The van der Waals surface area contributed by atoms with Crippen LogP contribution >= 0.6 is 0 Å². The van der Waals surface area contributed by atoms with Crippen molar-refractivity contribution in [1.29, 1.82) is 0 Å². The molecule has 102 valence electrons. The van der Waals surface area contributed by atoms with Crippen molar-refractivity contribution in [2.45, 2.75) is 0 Å². The quantitative estimate of drug-likeness (QED) is 0.857. The van der Waals surface area contributed by atoms with Crippen LogP contribution in [0.15, 0.2) is 77.5 Å². The Morgan fingerprint density at radius 1 is 1.19 bits per heavy atom. The van der Waals surface area contributed by atoms with E-state index in [0.29, 0.717) is 11.5 Å². The van der Waals surface area contributed by atoms with Gasteiger partial charge in [0.25, 0.3) is 0 Å². The molecule has 1 N–H and O–H groups in total. The molecule has 3 aliphatic rings. The summed E-state index contributed by atoms with van der Waals surface area (Å²) in [7, 11) is 0. The standard InChI is InChI=1S/C17H11NO3/c19-17(20)13-5-3-8-18-9-7-12-10-11-4-1-2-6-14(11)21-16(12)15(13)18/h1-10H,(H,19,20). The van der Waals surface area contributed by atoms with Crippen LogP contribution in [-0.2, 0) is 4.79 Å². The fourth-order valence-electron chi connectivity index (χ4n) is 2.63. The number of para-hydroxylation sites is 1. The Labute approximate surface area is 121 Å². The monoisotopic (exact) mass is 277 g/mol. The predicted molar refractivity (Wildman–Crippen MR) is 77.9 cm³/mol. The van der Waals surface area contributed by atoms with Crippen molar-refractivity contribution in [2.24, 2.45) is 0 Å². The van der Waals surface area contributed by atoms with Gasteiger partial charge in [-0.1, -0.05) is 18.2 Å². The smallest absolute Gasteiger partial charge is 0.337 e. The number of hydrogen-bond acceptors (Lipinski definition) is 3. The zero-order valence-electron chi connectivity index (χ0n) is 11.0. The van der Waals surface area contributed by atoms with E-state index in [0.717, 1.165) is 16.9 Å². The molecule has 0 aliphatic carbocycles. The molecule has 4 nitrogen and oxygen atoms in total. The van der Waals surface area contributed by atoms with Gasteiger partial charge in [-0.25, -0.2) is 4.79 Å². The first-order valence-corrected chi connectivity index (χ1v) is 6.56. The van der Waals surface area contributed by atoms with Crippen LogP contribution in [0.25, 0.3) is 6.08 Å². The minimum Gasteiger partial charge on any atom is -0.478 e. The maximum atomic E-state index is 11.5. The summed E-state index contributed by atoms with van der Waals surface area (Å²) in [6, 6.07) is 7.69. The highest BCUT2D eigenvalue weighted by Gasteiger charge is 2.30. The summed E-state index contributed by atoms with van der Waals surface area (Å²) in [4.78, 5) is 13.2. The lowest BCUT2D eigenvalue weighted by atomic mass is 9.97. The summed E-state index contributed by atoms with van der Waals surface area (Å²) < 4.78 is 5.97. The molecular formula is C17H11NO3. The maximum absolute atomic E-state index is 11.5. The van der Waals surface area contributed by atoms with Gasteiger partial charge in [0, 0.05) is 23.5 Å². The zero-order valence-corrected chi connectivity index (χ0v) is 11.0. The summed E-state index contributed by atoms with van der Waals surface area (Å²) in [6.07, 6.45) is 10.9. The Kier molecular flexibility index (Phi) is 2.38. The Balaban J connectivity index is 1.93. The van der Waals surface area contributed by atoms with Crippen LogP contribution in [0.2, 0.25) is 0 Å². The highest BCUT2D eigenvalue weighted by atomic mass is 16.5. The van der Waals surface area contributed by atoms with Crippen molar-refractivity contribution in [3.63, 3.8) is 0 Å². The number of hydrogen-bond donors (Lipinski definition) is 1. The van der Waals surface area contributed by atoms with E-state index in [1.807, 2.05) is 48.8 Å². The summed E-state index contributed by atoms with van der Waals surface area (Å²) in [5.74, 6) is 0.344. The molecule has 4 rings (SSSR count). The number of carboxylic acid groups (broad SMARTS) is 1. The number of allylic oxidation sites excluding steroid dienone is 3. The van der Waals surface area contributed by atoms with Crippen molar-refractivity contribution in [1.82, 2.24) is 4.90 Å². The van der Waals surface area contributed by atoms with Crippen LogP contribution in [0.4, 0.5) is 0 Å². The molecule has 0 radical (unpaired) electrons. The Hall–Kier alpha value is -3.01. The average Bonchev–Trinajstić information content (AvgIpc) is 2.52. The molecule has 0 aromatic heterocycles. The van der Waals surface area contributed by atoms with Crippen molar-refractivity contribution in [3.05, 3.63) is 83.1 Å². The number of nitrogens with zero attached hydrogens (tertiary/aromatic N) is 1. The molecule has 0 bridgehead atoms. The number of benzene rings is 1. The third-order valence-electron chi connectivity index (χ3n) is 3.59. The van der Waals surface area contributed by atoms with Gasteiger partial charge in [-0.2, -0.15) is 0 Å². The number of carbonyl (C=O) groups is 1. The van der Waals surface area contributed by atoms with Crippen LogP contribution in [0, 0.1) is 0 Å². The van der Waals surface area contributed by atoms with Crippen LogP contribution < -0.4 is 4.74 Å². The van der Waals surface area contributed by atoms with Gasteiger partial charge in [0.1, 0.15) is 11.4 Å². The van der Waals surface area contributed by atoms with Gasteiger partial charge in [0.05, 0.1) is 5.57 Å². The molecule has 0 spiro atoms. The Bertz CT molecular complexity index is 809. The van der Waals surface area contributed by atoms with E-state index in [2.05, 4.69) is 0 Å². The summed E-state index contributed by atoms with van der Waals surface area (Å²) in [5, 5.41) is 9.40. The number of fused-ring (bicyclic) bond motifs is 3. The van der Waals surface area contributed by atoms with Gasteiger partial charge in [0.15, 0.2) is 5.76 Å². The fourth-order valence-corrected chi connectivity index (χ4v) is 2.63. The van der Waals surface area contributed by atoms with Crippen LogP contribution in [0.1, 0.15) is 5.56 Å². The molecule has 0 saturated heterocycles. The summed E-state index contributed by atoms with van der Waals surface area (Å²) >= 11 is 0. The first-order chi connectivity index (χ1) is 10.2. The topological polar surface area (TPSA) is 49.8 Å². The molecule has 3 heterocycles. The number of rotatable bonds is 1. The van der Waals surface area contributed by atoms with Crippen molar-refractivity contribution < 1.29 is 14.6 Å². The summed E-state index contributed by atoms with van der Waals surface area (Å²) in [6.45, 7) is 0. The van der Waals surface area contributed by atoms with Crippen molar-refractivity contribution in [2.75, 3.05) is 0 Å². The van der Waals surface area contributed by atoms with E-state index in [1.165, 1.54) is 0 Å². The predicted octanol–water partition coefficient (Wildman–Crippen LogP) is 3.04. The zero-order chi connectivity index (χ0) is 14.4. The van der Waals surface area contributed by atoms with Gasteiger partial charge in [-0.05, 0) is 30.4 Å².